The summed E-state index contributed by atoms with van der Waals surface area (Å²) >= 11 is 11.7. The van der Waals surface area contributed by atoms with Gasteiger partial charge < -0.3 is 5.11 Å². The molecule has 68 valence electrons. The van der Waals surface area contributed by atoms with E-state index in [0.29, 0.717) is 15.6 Å². The van der Waals surface area contributed by atoms with Crippen molar-refractivity contribution < 1.29 is 5.11 Å². The summed E-state index contributed by atoms with van der Waals surface area (Å²) in [5, 5.41) is 10.5. The molecular weight excluding hydrogens is 207 g/mol. The smallest absolute Gasteiger partial charge is 0.0927 e. The minimum Gasteiger partial charge on any atom is -0.387 e. The van der Waals surface area contributed by atoms with Gasteiger partial charge in [-0.05, 0) is 12.1 Å². The van der Waals surface area contributed by atoms with E-state index < -0.39 is 6.10 Å². The molecule has 1 nitrogen and oxygen atoms in total. The summed E-state index contributed by atoms with van der Waals surface area (Å²) in [4.78, 5) is 0. The fourth-order valence-electron chi connectivity index (χ4n) is 1.04. The number of hydrogen-bond acceptors (Lipinski definition) is 1. The van der Waals surface area contributed by atoms with Crippen LogP contribution in [0.1, 0.15) is 18.1 Å². The van der Waals surface area contributed by atoms with Crippen LogP contribution in [0.2, 0.25) is 10.0 Å². The van der Waals surface area contributed by atoms with Gasteiger partial charge in [0.05, 0.1) is 6.10 Å². The summed E-state index contributed by atoms with van der Waals surface area (Å²) in [5.74, 6) is 2.35. The first-order chi connectivity index (χ1) is 6.16. The van der Waals surface area contributed by atoms with E-state index in [1.807, 2.05) is 0 Å². The van der Waals surface area contributed by atoms with Crippen LogP contribution >= 0.6 is 23.2 Å². The summed E-state index contributed by atoms with van der Waals surface area (Å²) < 4.78 is 0. The van der Waals surface area contributed by atoms with Gasteiger partial charge in [-0.15, -0.1) is 12.3 Å². The average Bonchev–Trinajstić information content (AvgIpc) is 2.04. The highest BCUT2D eigenvalue weighted by Gasteiger charge is 2.13. The summed E-state index contributed by atoms with van der Waals surface area (Å²) in [6, 6.07) is 5.06. The number of benzene rings is 1. The third-order valence-electron chi connectivity index (χ3n) is 1.64. The topological polar surface area (TPSA) is 20.2 Å². The molecule has 0 aromatic heterocycles. The van der Waals surface area contributed by atoms with E-state index >= 15 is 0 Å². The minimum absolute atomic E-state index is 0.212. The Hall–Kier alpha value is -0.680. The molecular formula is C10H8Cl2O. The molecule has 1 N–H and O–H groups in total. The fourth-order valence-corrected chi connectivity index (χ4v) is 1.69. The Balaban J connectivity index is 3.06. The molecule has 0 amide bonds. The molecule has 0 radical (unpaired) electrons. The van der Waals surface area contributed by atoms with E-state index in [1.165, 1.54) is 0 Å². The number of rotatable bonds is 2. The fraction of sp³-hybridized carbons (Fsp3) is 0.200. The van der Waals surface area contributed by atoms with Crippen molar-refractivity contribution in [3.63, 3.8) is 0 Å². The maximum Gasteiger partial charge on any atom is 0.0927 e. The lowest BCUT2D eigenvalue weighted by molar-refractivity contribution is 0.184. The van der Waals surface area contributed by atoms with Gasteiger partial charge in [-0.25, -0.2) is 0 Å². The number of halogens is 2. The Labute approximate surface area is 87.3 Å². The molecule has 0 aliphatic heterocycles. The number of terminal acetylenes is 1. The first kappa shape index (κ1) is 10.4. The van der Waals surface area contributed by atoms with Crippen LogP contribution in [0.25, 0.3) is 0 Å². The second kappa shape index (κ2) is 4.53. The van der Waals surface area contributed by atoms with E-state index in [9.17, 15) is 5.11 Å². The van der Waals surface area contributed by atoms with E-state index in [4.69, 9.17) is 29.6 Å². The molecule has 1 aromatic rings. The molecule has 0 saturated carbocycles. The molecule has 1 unspecified atom stereocenters. The second-order valence-corrected chi connectivity index (χ2v) is 3.37. The third kappa shape index (κ3) is 2.38. The normalized spacial score (nSPS) is 12.2. The number of hydrogen-bond donors (Lipinski definition) is 1. The predicted octanol–water partition coefficient (Wildman–Crippen LogP) is 3.05. The monoisotopic (exact) mass is 214 g/mol. The quantitative estimate of drug-likeness (QED) is 0.751. The van der Waals surface area contributed by atoms with Gasteiger partial charge in [0.2, 0.25) is 0 Å². The Kier molecular flexibility index (Phi) is 3.62. The summed E-state index contributed by atoms with van der Waals surface area (Å²) in [6.45, 7) is 0. The molecule has 13 heavy (non-hydrogen) atoms. The van der Waals surface area contributed by atoms with Crippen molar-refractivity contribution >= 4 is 23.2 Å². The SMILES string of the molecule is C#CCC(O)c1c(Cl)cccc1Cl. The lowest BCUT2D eigenvalue weighted by Crippen LogP contribution is -1.97. The largest absolute Gasteiger partial charge is 0.387 e. The van der Waals surface area contributed by atoms with Crippen LogP contribution in [-0.4, -0.2) is 5.11 Å². The Morgan fingerprint density at radius 3 is 2.38 bits per heavy atom. The van der Waals surface area contributed by atoms with Gasteiger partial charge in [0.1, 0.15) is 0 Å². The van der Waals surface area contributed by atoms with E-state index in [1.54, 1.807) is 18.2 Å². The van der Waals surface area contributed by atoms with E-state index in [-0.39, 0.29) is 6.42 Å². The van der Waals surface area contributed by atoms with Crippen LogP contribution in [0, 0.1) is 12.3 Å². The Bertz CT molecular complexity index is 321. The van der Waals surface area contributed by atoms with E-state index in [0.717, 1.165) is 0 Å². The van der Waals surface area contributed by atoms with Crippen molar-refractivity contribution in [3.8, 4) is 12.3 Å². The molecule has 1 atom stereocenters. The summed E-state index contributed by atoms with van der Waals surface area (Å²) in [6.07, 6.45) is 4.50. The van der Waals surface area contributed by atoms with Gasteiger partial charge >= 0.3 is 0 Å². The van der Waals surface area contributed by atoms with Crippen LogP contribution in [0.4, 0.5) is 0 Å². The number of aliphatic hydroxyl groups excluding tert-OH is 1. The van der Waals surface area contributed by atoms with Crippen molar-refractivity contribution in [2.45, 2.75) is 12.5 Å². The first-order valence-corrected chi connectivity index (χ1v) is 4.48. The minimum atomic E-state index is -0.786. The van der Waals surface area contributed by atoms with Gasteiger partial charge in [0, 0.05) is 22.0 Å². The zero-order valence-electron chi connectivity index (χ0n) is 6.80. The van der Waals surface area contributed by atoms with Crippen LogP contribution in [-0.2, 0) is 0 Å². The lowest BCUT2D eigenvalue weighted by atomic mass is 10.1. The van der Waals surface area contributed by atoms with Crippen LogP contribution in [0.5, 0.6) is 0 Å². The summed E-state index contributed by atoms with van der Waals surface area (Å²) in [5.41, 5.74) is 0.504. The molecule has 0 aliphatic rings. The molecule has 1 aromatic carbocycles. The van der Waals surface area contributed by atoms with Crippen LogP contribution in [0.15, 0.2) is 18.2 Å². The average molecular weight is 215 g/mol. The highest BCUT2D eigenvalue weighted by molar-refractivity contribution is 6.36. The van der Waals surface area contributed by atoms with Crippen molar-refractivity contribution in [2.75, 3.05) is 0 Å². The van der Waals surface area contributed by atoms with Crippen molar-refractivity contribution in [2.24, 2.45) is 0 Å². The van der Waals surface area contributed by atoms with Gasteiger partial charge in [-0.1, -0.05) is 29.3 Å². The van der Waals surface area contributed by atoms with Gasteiger partial charge in [-0.2, -0.15) is 0 Å². The third-order valence-corrected chi connectivity index (χ3v) is 2.30. The maximum atomic E-state index is 9.57. The maximum absolute atomic E-state index is 9.57. The number of aliphatic hydroxyl groups is 1. The zero-order valence-corrected chi connectivity index (χ0v) is 8.31. The highest BCUT2D eigenvalue weighted by Crippen LogP contribution is 2.31. The second-order valence-electron chi connectivity index (χ2n) is 2.56. The van der Waals surface area contributed by atoms with Crippen molar-refractivity contribution in [1.29, 1.82) is 0 Å². The standard InChI is InChI=1S/C10H8Cl2O/c1-2-4-9(13)10-7(11)5-3-6-8(10)12/h1,3,5-6,9,13H,4H2. The molecule has 3 heteroatoms. The summed E-state index contributed by atoms with van der Waals surface area (Å²) in [7, 11) is 0. The zero-order chi connectivity index (χ0) is 9.84. The predicted molar refractivity (Wildman–Crippen MR) is 54.9 cm³/mol. The Morgan fingerprint density at radius 1 is 1.38 bits per heavy atom. The van der Waals surface area contributed by atoms with Crippen molar-refractivity contribution in [1.82, 2.24) is 0 Å². The first-order valence-electron chi connectivity index (χ1n) is 3.72. The Morgan fingerprint density at radius 2 is 1.92 bits per heavy atom. The highest BCUT2D eigenvalue weighted by atomic mass is 35.5. The molecule has 0 aliphatic carbocycles. The van der Waals surface area contributed by atoms with Gasteiger partial charge in [-0.3, -0.25) is 0 Å². The molecule has 1 rings (SSSR count). The van der Waals surface area contributed by atoms with Gasteiger partial charge in [0.15, 0.2) is 0 Å². The molecule has 0 heterocycles. The molecule has 0 fully saturated rings. The van der Waals surface area contributed by atoms with Crippen molar-refractivity contribution in [3.05, 3.63) is 33.8 Å². The lowest BCUT2D eigenvalue weighted by Gasteiger charge is -2.11. The molecule has 0 bridgehead atoms. The molecule has 0 spiro atoms. The molecule has 0 saturated heterocycles. The van der Waals surface area contributed by atoms with Gasteiger partial charge in [0.25, 0.3) is 0 Å². The van der Waals surface area contributed by atoms with Crippen LogP contribution in [0.3, 0.4) is 0 Å². The van der Waals surface area contributed by atoms with Crippen LogP contribution < -0.4 is 0 Å². The van der Waals surface area contributed by atoms with E-state index in [2.05, 4.69) is 5.92 Å².